The highest BCUT2D eigenvalue weighted by Gasteiger charge is 2.25. The van der Waals surface area contributed by atoms with E-state index in [-0.39, 0.29) is 5.91 Å². The number of rotatable bonds is 3. The van der Waals surface area contributed by atoms with Gasteiger partial charge in [-0.25, -0.2) is 0 Å². The summed E-state index contributed by atoms with van der Waals surface area (Å²) in [5.74, 6) is 0.159. The number of alkyl halides is 1. The van der Waals surface area contributed by atoms with E-state index in [0.717, 1.165) is 17.7 Å². The minimum Gasteiger partial charge on any atom is -0.330 e. The molecule has 2 rings (SSSR count). The zero-order valence-electron chi connectivity index (χ0n) is 8.37. The lowest BCUT2D eigenvalue weighted by Gasteiger charge is -2.13. The molecule has 0 radical (unpaired) electrons. The third-order valence-electron chi connectivity index (χ3n) is 2.63. The molecule has 0 bridgehead atoms. The molecule has 2 N–H and O–H groups in total. The van der Waals surface area contributed by atoms with Gasteiger partial charge in [0.25, 0.3) is 0 Å². The SMILES string of the molecule is NCCc1ccc2c(c1)CC(=O)N2CBr. The molecule has 1 amide bonds. The zero-order valence-corrected chi connectivity index (χ0v) is 9.96. The second kappa shape index (κ2) is 4.33. The Morgan fingerprint density at radius 3 is 2.93 bits per heavy atom. The Labute approximate surface area is 97.4 Å². The van der Waals surface area contributed by atoms with E-state index >= 15 is 0 Å². The summed E-state index contributed by atoms with van der Waals surface area (Å²) in [4.78, 5) is 13.4. The van der Waals surface area contributed by atoms with Crippen LogP contribution in [0.2, 0.25) is 0 Å². The van der Waals surface area contributed by atoms with E-state index < -0.39 is 0 Å². The molecule has 15 heavy (non-hydrogen) atoms. The van der Waals surface area contributed by atoms with Crippen molar-refractivity contribution in [1.29, 1.82) is 0 Å². The fourth-order valence-electron chi connectivity index (χ4n) is 1.89. The van der Waals surface area contributed by atoms with Crippen LogP contribution < -0.4 is 10.6 Å². The van der Waals surface area contributed by atoms with Crippen LogP contribution in [0.3, 0.4) is 0 Å². The van der Waals surface area contributed by atoms with Crippen molar-refractivity contribution >= 4 is 27.5 Å². The Balaban J connectivity index is 2.33. The number of nitrogens with two attached hydrogens (primary N) is 1. The lowest BCUT2D eigenvalue weighted by atomic mass is 10.1. The quantitative estimate of drug-likeness (QED) is 0.666. The van der Waals surface area contributed by atoms with Gasteiger partial charge in [0, 0.05) is 5.69 Å². The molecule has 1 aliphatic heterocycles. The fraction of sp³-hybridized carbons (Fsp3) is 0.364. The molecule has 0 aliphatic carbocycles. The molecule has 0 unspecified atom stereocenters. The molecular weight excluding hydrogens is 256 g/mol. The Morgan fingerprint density at radius 1 is 1.47 bits per heavy atom. The summed E-state index contributed by atoms with van der Waals surface area (Å²) < 4.78 is 0. The molecule has 0 saturated heterocycles. The average Bonchev–Trinajstić information content (AvgIpc) is 2.53. The second-order valence-electron chi connectivity index (χ2n) is 3.62. The van der Waals surface area contributed by atoms with Gasteiger partial charge in [0.2, 0.25) is 5.91 Å². The molecule has 1 heterocycles. The smallest absolute Gasteiger partial charge is 0.232 e. The molecule has 0 fully saturated rings. The Kier molecular flexibility index (Phi) is 3.07. The lowest BCUT2D eigenvalue weighted by Crippen LogP contribution is -2.24. The maximum absolute atomic E-state index is 11.6. The minimum atomic E-state index is 0.159. The van der Waals surface area contributed by atoms with Gasteiger partial charge in [0.05, 0.1) is 11.9 Å². The predicted octanol–water partition coefficient (Wildman–Crippen LogP) is 1.43. The third-order valence-corrected chi connectivity index (χ3v) is 3.13. The number of anilines is 1. The van der Waals surface area contributed by atoms with Crippen LogP contribution >= 0.6 is 15.9 Å². The summed E-state index contributed by atoms with van der Waals surface area (Å²) in [6.07, 6.45) is 1.38. The number of carbonyl (C=O) groups excluding carboxylic acids is 1. The van der Waals surface area contributed by atoms with Gasteiger partial charge in [-0.2, -0.15) is 0 Å². The van der Waals surface area contributed by atoms with E-state index in [4.69, 9.17) is 5.73 Å². The minimum absolute atomic E-state index is 0.159. The number of hydrogen-bond donors (Lipinski definition) is 1. The number of fused-ring (bicyclic) bond motifs is 1. The van der Waals surface area contributed by atoms with Gasteiger partial charge in [-0.3, -0.25) is 4.79 Å². The van der Waals surface area contributed by atoms with Crippen molar-refractivity contribution < 1.29 is 4.79 Å². The van der Waals surface area contributed by atoms with Crippen LogP contribution in [0.5, 0.6) is 0 Å². The van der Waals surface area contributed by atoms with Crippen LogP contribution in [0.25, 0.3) is 0 Å². The first kappa shape index (κ1) is 10.6. The highest BCUT2D eigenvalue weighted by atomic mass is 79.9. The van der Waals surface area contributed by atoms with Gasteiger partial charge in [-0.05, 0) is 30.2 Å². The van der Waals surface area contributed by atoms with Gasteiger partial charge in [0.1, 0.15) is 0 Å². The maximum atomic E-state index is 11.6. The monoisotopic (exact) mass is 268 g/mol. The first-order valence-electron chi connectivity index (χ1n) is 4.94. The van der Waals surface area contributed by atoms with E-state index in [1.54, 1.807) is 4.90 Å². The maximum Gasteiger partial charge on any atom is 0.232 e. The van der Waals surface area contributed by atoms with Crippen LogP contribution in [0, 0.1) is 0 Å². The largest absolute Gasteiger partial charge is 0.330 e. The summed E-state index contributed by atoms with van der Waals surface area (Å²) in [7, 11) is 0. The zero-order chi connectivity index (χ0) is 10.8. The van der Waals surface area contributed by atoms with Gasteiger partial charge >= 0.3 is 0 Å². The second-order valence-corrected chi connectivity index (χ2v) is 4.12. The van der Waals surface area contributed by atoms with Crippen molar-refractivity contribution in [3.8, 4) is 0 Å². The third kappa shape index (κ3) is 1.92. The highest BCUT2D eigenvalue weighted by molar-refractivity contribution is 9.09. The van der Waals surface area contributed by atoms with Crippen LogP contribution in [0.4, 0.5) is 5.69 Å². The summed E-state index contributed by atoms with van der Waals surface area (Å²) in [6.45, 7) is 0.648. The van der Waals surface area contributed by atoms with Crippen molar-refractivity contribution in [1.82, 2.24) is 0 Å². The van der Waals surface area contributed by atoms with E-state index in [1.807, 2.05) is 12.1 Å². The molecule has 0 spiro atoms. The number of carbonyl (C=O) groups is 1. The lowest BCUT2D eigenvalue weighted by molar-refractivity contribution is -0.117. The molecule has 0 atom stereocenters. The first-order chi connectivity index (χ1) is 7.26. The molecule has 0 saturated carbocycles. The molecular formula is C11H13BrN2O. The van der Waals surface area contributed by atoms with Crippen molar-refractivity contribution in [2.75, 3.05) is 16.9 Å². The number of halogens is 1. The number of benzene rings is 1. The van der Waals surface area contributed by atoms with Crippen LogP contribution in [0.1, 0.15) is 11.1 Å². The molecule has 1 aromatic rings. The van der Waals surface area contributed by atoms with Gasteiger partial charge in [-0.1, -0.05) is 28.1 Å². The molecule has 1 aromatic carbocycles. The van der Waals surface area contributed by atoms with Gasteiger partial charge < -0.3 is 10.6 Å². The average molecular weight is 269 g/mol. The molecule has 80 valence electrons. The van der Waals surface area contributed by atoms with Crippen molar-refractivity contribution in [3.05, 3.63) is 29.3 Å². The Bertz CT molecular complexity index is 392. The van der Waals surface area contributed by atoms with E-state index in [2.05, 4.69) is 22.0 Å². The van der Waals surface area contributed by atoms with Gasteiger partial charge in [-0.15, -0.1) is 0 Å². The van der Waals surface area contributed by atoms with Crippen molar-refractivity contribution in [3.63, 3.8) is 0 Å². The van der Waals surface area contributed by atoms with Crippen LogP contribution in [-0.2, 0) is 17.6 Å². The highest BCUT2D eigenvalue weighted by Crippen LogP contribution is 2.30. The summed E-state index contributed by atoms with van der Waals surface area (Å²) >= 11 is 3.32. The summed E-state index contributed by atoms with van der Waals surface area (Å²) in [5, 5.41) is 0. The predicted molar refractivity (Wildman–Crippen MR) is 64.2 cm³/mol. The number of amides is 1. The first-order valence-corrected chi connectivity index (χ1v) is 6.06. The van der Waals surface area contributed by atoms with E-state index in [0.29, 0.717) is 18.4 Å². The Morgan fingerprint density at radius 2 is 2.27 bits per heavy atom. The molecule has 0 aromatic heterocycles. The van der Waals surface area contributed by atoms with Crippen molar-refractivity contribution in [2.45, 2.75) is 12.8 Å². The normalized spacial score (nSPS) is 14.5. The number of nitrogens with zero attached hydrogens (tertiary/aromatic N) is 1. The Hall–Kier alpha value is -0.870. The van der Waals surface area contributed by atoms with E-state index in [9.17, 15) is 4.79 Å². The summed E-state index contributed by atoms with van der Waals surface area (Å²) in [6, 6.07) is 6.13. The molecule has 3 nitrogen and oxygen atoms in total. The molecule has 1 aliphatic rings. The molecule has 4 heteroatoms. The summed E-state index contributed by atoms with van der Waals surface area (Å²) in [5.41, 5.74) is 9.42. The van der Waals surface area contributed by atoms with Gasteiger partial charge in [0.15, 0.2) is 0 Å². The van der Waals surface area contributed by atoms with Crippen molar-refractivity contribution in [2.24, 2.45) is 5.73 Å². The topological polar surface area (TPSA) is 46.3 Å². The fourth-order valence-corrected chi connectivity index (χ4v) is 2.44. The van der Waals surface area contributed by atoms with Crippen LogP contribution in [0.15, 0.2) is 18.2 Å². The standard InChI is InChI=1S/C11H13BrN2O/c12-7-14-10-2-1-8(3-4-13)5-9(10)6-11(14)15/h1-2,5H,3-4,6-7,13H2. The van der Waals surface area contributed by atoms with Crippen LogP contribution in [-0.4, -0.2) is 17.9 Å². The van der Waals surface area contributed by atoms with E-state index in [1.165, 1.54) is 5.56 Å². The number of hydrogen-bond acceptors (Lipinski definition) is 2.